The van der Waals surface area contributed by atoms with Gasteiger partial charge in [-0.25, -0.2) is 4.98 Å². The van der Waals surface area contributed by atoms with Gasteiger partial charge in [0.15, 0.2) is 0 Å². The van der Waals surface area contributed by atoms with Crippen LogP contribution >= 0.6 is 11.6 Å². The first-order chi connectivity index (χ1) is 6.42. The first kappa shape index (κ1) is 8.82. The van der Waals surface area contributed by atoms with Gasteiger partial charge >= 0.3 is 0 Å². The molecule has 1 fully saturated rings. The van der Waals surface area contributed by atoms with Crippen LogP contribution in [0.15, 0.2) is 24.4 Å². The lowest BCUT2D eigenvalue weighted by molar-refractivity contribution is 0.734. The van der Waals surface area contributed by atoms with Crippen LogP contribution in [0.3, 0.4) is 0 Å². The van der Waals surface area contributed by atoms with E-state index >= 15 is 0 Å². The molecule has 0 bridgehead atoms. The van der Waals surface area contributed by atoms with Crippen molar-refractivity contribution in [2.24, 2.45) is 0 Å². The van der Waals surface area contributed by atoms with Crippen molar-refractivity contribution in [1.82, 2.24) is 4.98 Å². The molecule has 0 amide bonds. The summed E-state index contributed by atoms with van der Waals surface area (Å²) in [5.41, 5.74) is 0. The SMILES string of the molecule is ClC[C@@H]1CCCN1c1ccccn1. The van der Waals surface area contributed by atoms with Crippen LogP contribution < -0.4 is 4.90 Å². The predicted molar refractivity (Wildman–Crippen MR) is 55.3 cm³/mol. The molecule has 1 aromatic heterocycles. The molecule has 1 saturated heterocycles. The number of halogens is 1. The number of hydrogen-bond acceptors (Lipinski definition) is 2. The first-order valence-corrected chi connectivity index (χ1v) is 5.19. The van der Waals surface area contributed by atoms with Crippen LogP contribution in [0.2, 0.25) is 0 Å². The average Bonchev–Trinajstić information content (AvgIpc) is 2.67. The van der Waals surface area contributed by atoms with Crippen molar-refractivity contribution >= 4 is 17.4 Å². The van der Waals surface area contributed by atoms with Crippen LogP contribution in [0.25, 0.3) is 0 Å². The molecule has 0 unspecified atom stereocenters. The van der Waals surface area contributed by atoms with Crippen LogP contribution in [0.1, 0.15) is 12.8 Å². The molecule has 0 radical (unpaired) electrons. The number of nitrogens with zero attached hydrogens (tertiary/aromatic N) is 2. The van der Waals surface area contributed by atoms with Crippen molar-refractivity contribution in [3.63, 3.8) is 0 Å². The highest BCUT2D eigenvalue weighted by atomic mass is 35.5. The average molecular weight is 197 g/mol. The molecule has 0 N–H and O–H groups in total. The van der Waals surface area contributed by atoms with Crippen molar-refractivity contribution in [2.75, 3.05) is 17.3 Å². The molecule has 1 aromatic rings. The molecule has 1 atom stereocenters. The van der Waals surface area contributed by atoms with Crippen molar-refractivity contribution in [2.45, 2.75) is 18.9 Å². The van der Waals surface area contributed by atoms with Crippen molar-refractivity contribution in [1.29, 1.82) is 0 Å². The standard InChI is InChI=1S/C10H13ClN2/c11-8-9-4-3-7-13(9)10-5-1-2-6-12-10/h1-2,5-6,9H,3-4,7-8H2/t9-/m0/s1. The molecule has 0 saturated carbocycles. The Morgan fingerprint density at radius 2 is 2.46 bits per heavy atom. The van der Waals surface area contributed by atoms with Crippen molar-refractivity contribution in [3.8, 4) is 0 Å². The Kier molecular flexibility index (Phi) is 2.69. The summed E-state index contributed by atoms with van der Waals surface area (Å²) in [6, 6.07) is 6.49. The van der Waals surface area contributed by atoms with E-state index in [9.17, 15) is 0 Å². The van der Waals surface area contributed by atoms with Gasteiger partial charge in [-0.15, -0.1) is 11.6 Å². The fraction of sp³-hybridized carbons (Fsp3) is 0.500. The number of rotatable bonds is 2. The van der Waals surface area contributed by atoms with Crippen LogP contribution in [0.5, 0.6) is 0 Å². The van der Waals surface area contributed by atoms with Gasteiger partial charge in [0.25, 0.3) is 0 Å². The number of pyridine rings is 1. The maximum absolute atomic E-state index is 5.88. The van der Waals surface area contributed by atoms with E-state index in [-0.39, 0.29) is 0 Å². The third-order valence-electron chi connectivity index (χ3n) is 2.50. The summed E-state index contributed by atoms with van der Waals surface area (Å²) in [5.74, 6) is 1.77. The summed E-state index contributed by atoms with van der Waals surface area (Å²) in [5, 5.41) is 0. The van der Waals surface area contributed by atoms with Gasteiger partial charge in [-0.1, -0.05) is 6.07 Å². The van der Waals surface area contributed by atoms with Gasteiger partial charge in [-0.3, -0.25) is 0 Å². The fourth-order valence-electron chi connectivity index (χ4n) is 1.82. The van der Waals surface area contributed by atoms with Gasteiger partial charge in [0, 0.05) is 24.7 Å². The monoisotopic (exact) mass is 196 g/mol. The van der Waals surface area contributed by atoms with Gasteiger partial charge in [0.05, 0.1) is 0 Å². The predicted octanol–water partition coefficient (Wildman–Crippen LogP) is 2.29. The van der Waals surface area contributed by atoms with Gasteiger partial charge in [-0.05, 0) is 25.0 Å². The van der Waals surface area contributed by atoms with Crippen LogP contribution in [0, 0.1) is 0 Å². The van der Waals surface area contributed by atoms with Crippen LogP contribution in [0.4, 0.5) is 5.82 Å². The Hall–Kier alpha value is -0.760. The quantitative estimate of drug-likeness (QED) is 0.675. The summed E-state index contributed by atoms with van der Waals surface area (Å²) in [4.78, 5) is 6.62. The van der Waals surface area contributed by atoms with Gasteiger partial charge in [-0.2, -0.15) is 0 Å². The molecule has 2 nitrogen and oxygen atoms in total. The van der Waals surface area contributed by atoms with Gasteiger partial charge in [0.1, 0.15) is 5.82 Å². The van der Waals surface area contributed by atoms with Crippen molar-refractivity contribution in [3.05, 3.63) is 24.4 Å². The summed E-state index contributed by atoms with van der Waals surface area (Å²) < 4.78 is 0. The molecule has 0 aromatic carbocycles. The maximum atomic E-state index is 5.88. The van der Waals surface area contributed by atoms with E-state index in [1.807, 2.05) is 24.4 Å². The third-order valence-corrected chi connectivity index (χ3v) is 2.86. The zero-order valence-corrected chi connectivity index (χ0v) is 8.24. The van der Waals surface area contributed by atoms with E-state index < -0.39 is 0 Å². The molecule has 0 aliphatic carbocycles. The molecule has 70 valence electrons. The first-order valence-electron chi connectivity index (χ1n) is 4.65. The molecule has 13 heavy (non-hydrogen) atoms. The Labute approximate surface area is 83.5 Å². The minimum Gasteiger partial charge on any atom is -0.352 e. The van der Waals surface area contributed by atoms with E-state index in [1.54, 1.807) is 0 Å². The largest absolute Gasteiger partial charge is 0.352 e. The molecule has 2 heterocycles. The number of anilines is 1. The normalized spacial score (nSPS) is 22.2. The van der Waals surface area contributed by atoms with Crippen LogP contribution in [-0.2, 0) is 0 Å². The van der Waals surface area contributed by atoms with Crippen LogP contribution in [-0.4, -0.2) is 23.5 Å². The Morgan fingerprint density at radius 3 is 3.15 bits per heavy atom. The lowest BCUT2D eigenvalue weighted by atomic mass is 10.2. The number of hydrogen-bond donors (Lipinski definition) is 0. The lowest BCUT2D eigenvalue weighted by Crippen LogP contribution is -2.30. The zero-order valence-electron chi connectivity index (χ0n) is 7.49. The highest BCUT2D eigenvalue weighted by molar-refractivity contribution is 6.18. The fourth-order valence-corrected chi connectivity index (χ4v) is 2.14. The van der Waals surface area contributed by atoms with Gasteiger partial charge < -0.3 is 4.90 Å². The second kappa shape index (κ2) is 3.97. The van der Waals surface area contributed by atoms with Crippen molar-refractivity contribution < 1.29 is 0 Å². The van der Waals surface area contributed by atoms with E-state index in [0.717, 1.165) is 12.4 Å². The Balaban J connectivity index is 2.16. The van der Waals surface area contributed by atoms with Gasteiger partial charge in [0.2, 0.25) is 0 Å². The Morgan fingerprint density at radius 1 is 1.54 bits per heavy atom. The zero-order chi connectivity index (χ0) is 9.10. The second-order valence-electron chi connectivity index (χ2n) is 3.33. The smallest absolute Gasteiger partial charge is 0.128 e. The topological polar surface area (TPSA) is 16.1 Å². The second-order valence-corrected chi connectivity index (χ2v) is 3.64. The Bertz CT molecular complexity index is 263. The highest BCUT2D eigenvalue weighted by Crippen LogP contribution is 2.23. The highest BCUT2D eigenvalue weighted by Gasteiger charge is 2.24. The number of aromatic nitrogens is 1. The molecule has 2 rings (SSSR count). The van der Waals surface area contributed by atoms with E-state index in [1.165, 1.54) is 12.8 Å². The molecular weight excluding hydrogens is 184 g/mol. The summed E-state index contributed by atoms with van der Waals surface area (Å²) >= 11 is 5.88. The van der Waals surface area contributed by atoms with E-state index in [0.29, 0.717) is 11.9 Å². The summed E-state index contributed by atoms with van der Waals surface area (Å²) in [7, 11) is 0. The number of alkyl halides is 1. The molecule has 0 spiro atoms. The maximum Gasteiger partial charge on any atom is 0.128 e. The summed E-state index contributed by atoms with van der Waals surface area (Å²) in [6.45, 7) is 1.09. The molecule has 1 aliphatic heterocycles. The minimum atomic E-state index is 0.483. The molecule has 1 aliphatic rings. The minimum absolute atomic E-state index is 0.483. The molecular formula is C10H13ClN2. The summed E-state index contributed by atoms with van der Waals surface area (Å²) in [6.07, 6.45) is 4.26. The van der Waals surface area contributed by atoms with E-state index in [2.05, 4.69) is 9.88 Å². The molecule has 3 heteroatoms. The third kappa shape index (κ3) is 1.78. The lowest BCUT2D eigenvalue weighted by Gasteiger charge is -2.23. The van der Waals surface area contributed by atoms with E-state index in [4.69, 9.17) is 11.6 Å².